The van der Waals surface area contributed by atoms with Crippen LogP contribution in [0.4, 0.5) is 10.1 Å². The van der Waals surface area contributed by atoms with E-state index in [1.165, 1.54) is 25.4 Å². The number of nitrogens with two attached hydrogens (primary N) is 1. The van der Waals surface area contributed by atoms with Gasteiger partial charge in [-0.05, 0) is 30.9 Å². The van der Waals surface area contributed by atoms with Crippen LogP contribution in [0.1, 0.15) is 35.9 Å². The molecule has 9 heteroatoms. The Morgan fingerprint density at radius 2 is 2.12 bits per heavy atom. The van der Waals surface area contributed by atoms with Gasteiger partial charge in [-0.2, -0.15) is 8.42 Å². The van der Waals surface area contributed by atoms with Crippen LogP contribution in [0.25, 0.3) is 0 Å². The Labute approximate surface area is 151 Å². The predicted octanol–water partition coefficient (Wildman–Crippen LogP) is 1.92. The fraction of sp³-hybridized carbons (Fsp3) is 0.412. The summed E-state index contributed by atoms with van der Waals surface area (Å²) in [5, 5.41) is -0.170. The molecule has 1 heterocycles. The molecule has 3 rings (SSSR count). The van der Waals surface area contributed by atoms with Crippen molar-refractivity contribution < 1.29 is 17.6 Å². The fourth-order valence-corrected chi connectivity index (χ4v) is 4.05. The van der Waals surface area contributed by atoms with Gasteiger partial charge in [0.25, 0.3) is 15.9 Å². The Balaban J connectivity index is 2.03. The maximum absolute atomic E-state index is 14.3. The largest absolute Gasteiger partial charge is 0.366 e. The molecule has 1 saturated carbocycles. The summed E-state index contributed by atoms with van der Waals surface area (Å²) in [6, 6.07) is 3.67. The molecule has 0 unspecified atom stereocenters. The molecule has 0 aliphatic heterocycles. The third kappa shape index (κ3) is 3.31. The summed E-state index contributed by atoms with van der Waals surface area (Å²) in [5.41, 5.74) is 4.68. The summed E-state index contributed by atoms with van der Waals surface area (Å²) in [7, 11) is -2.96. The van der Waals surface area contributed by atoms with Gasteiger partial charge in [-0.25, -0.2) is 9.37 Å². The van der Waals surface area contributed by atoms with Crippen molar-refractivity contribution in [3.05, 3.63) is 41.6 Å². The average Bonchev–Trinajstić information content (AvgIpc) is 3.30. The summed E-state index contributed by atoms with van der Waals surface area (Å²) in [4.78, 5) is 15.8. The van der Waals surface area contributed by atoms with Crippen molar-refractivity contribution in [2.75, 3.05) is 11.4 Å². The van der Waals surface area contributed by atoms with Crippen LogP contribution in [0.2, 0.25) is 0 Å². The molecule has 140 valence electrons. The molecule has 1 aromatic carbocycles. The topological polar surface area (TPSA) is 98.3 Å². The van der Waals surface area contributed by atoms with Gasteiger partial charge < -0.3 is 10.3 Å². The van der Waals surface area contributed by atoms with Crippen LogP contribution in [0.3, 0.4) is 0 Å². The van der Waals surface area contributed by atoms with Crippen LogP contribution in [0.5, 0.6) is 0 Å². The minimum Gasteiger partial charge on any atom is -0.366 e. The molecule has 0 atom stereocenters. The van der Waals surface area contributed by atoms with Gasteiger partial charge in [0.15, 0.2) is 5.03 Å². The van der Waals surface area contributed by atoms with Crippen molar-refractivity contribution in [1.82, 2.24) is 9.55 Å². The maximum Gasteiger partial charge on any atom is 0.283 e. The summed E-state index contributed by atoms with van der Waals surface area (Å²) in [6.45, 7) is 2.62. The molecule has 2 aromatic rings. The number of sulfonamides is 1. The molecular formula is C17H21FN4O3S. The average molecular weight is 380 g/mol. The number of halogens is 1. The number of carbonyl (C=O) groups excluding carboxylic acids is 1. The van der Waals surface area contributed by atoms with Crippen LogP contribution in [-0.2, 0) is 23.0 Å². The quantitative estimate of drug-likeness (QED) is 0.793. The Kier molecular flexibility index (Phi) is 4.74. The van der Waals surface area contributed by atoms with Crippen LogP contribution >= 0.6 is 0 Å². The standard InChI is InChI=1S/C17H21FN4O3S/c1-3-14-20-15(10-22(14)9-11-7-8-11)26(24,25)21(2)16-12(17(19)23)5-4-6-13(16)18/h4-6,10-11H,3,7-9H2,1-2H3,(H2,19,23). The molecule has 0 spiro atoms. The second-order valence-corrected chi connectivity index (χ2v) is 8.33. The summed E-state index contributed by atoms with van der Waals surface area (Å²) >= 11 is 0. The van der Waals surface area contributed by atoms with E-state index in [9.17, 15) is 17.6 Å². The van der Waals surface area contributed by atoms with Crippen LogP contribution in [0, 0.1) is 11.7 Å². The minimum atomic E-state index is -4.14. The first-order valence-electron chi connectivity index (χ1n) is 8.39. The Hall–Kier alpha value is -2.42. The fourth-order valence-electron chi connectivity index (χ4n) is 2.87. The molecule has 1 aromatic heterocycles. The van der Waals surface area contributed by atoms with Gasteiger partial charge in [-0.3, -0.25) is 9.10 Å². The minimum absolute atomic E-state index is 0.170. The highest BCUT2D eigenvalue weighted by Gasteiger charge is 2.31. The summed E-state index contributed by atoms with van der Waals surface area (Å²) < 4.78 is 42.8. The zero-order valence-corrected chi connectivity index (χ0v) is 15.5. The molecule has 1 amide bonds. The normalized spacial score (nSPS) is 14.4. The van der Waals surface area contributed by atoms with Gasteiger partial charge >= 0.3 is 0 Å². The lowest BCUT2D eigenvalue weighted by atomic mass is 10.1. The maximum atomic E-state index is 14.3. The number of nitrogens with zero attached hydrogens (tertiary/aromatic N) is 3. The molecule has 1 aliphatic carbocycles. The van der Waals surface area contributed by atoms with E-state index in [1.54, 1.807) is 0 Å². The molecule has 0 saturated heterocycles. The molecule has 2 N–H and O–H groups in total. The van der Waals surface area contributed by atoms with Gasteiger partial charge in [0.05, 0.1) is 5.56 Å². The number of hydrogen-bond donors (Lipinski definition) is 1. The van der Waals surface area contributed by atoms with Crippen LogP contribution < -0.4 is 10.0 Å². The van der Waals surface area contributed by atoms with E-state index in [1.807, 2.05) is 11.5 Å². The first kappa shape index (κ1) is 18.4. The number of para-hydroxylation sites is 1. The molecular weight excluding hydrogens is 359 g/mol. The summed E-state index contributed by atoms with van der Waals surface area (Å²) in [5.74, 6) is -0.543. The van der Waals surface area contributed by atoms with Gasteiger partial charge in [0.2, 0.25) is 0 Å². The van der Waals surface area contributed by atoms with E-state index in [4.69, 9.17) is 5.73 Å². The molecule has 26 heavy (non-hydrogen) atoms. The third-order valence-electron chi connectivity index (χ3n) is 4.50. The van der Waals surface area contributed by atoms with Crippen molar-refractivity contribution in [2.45, 2.75) is 37.8 Å². The molecule has 7 nitrogen and oxygen atoms in total. The smallest absolute Gasteiger partial charge is 0.283 e. The monoisotopic (exact) mass is 380 g/mol. The van der Waals surface area contributed by atoms with Crippen molar-refractivity contribution in [3.8, 4) is 0 Å². The number of benzene rings is 1. The van der Waals surface area contributed by atoms with E-state index in [2.05, 4.69) is 4.98 Å². The van der Waals surface area contributed by atoms with E-state index < -0.39 is 21.7 Å². The highest BCUT2D eigenvalue weighted by atomic mass is 32.2. The zero-order chi connectivity index (χ0) is 19.1. The Morgan fingerprint density at radius 3 is 2.69 bits per heavy atom. The third-order valence-corrected chi connectivity index (χ3v) is 6.13. The van der Waals surface area contributed by atoms with Crippen molar-refractivity contribution in [3.63, 3.8) is 0 Å². The molecule has 0 bridgehead atoms. The predicted molar refractivity (Wildman–Crippen MR) is 94.8 cm³/mol. The van der Waals surface area contributed by atoms with Crippen LogP contribution in [-0.4, -0.2) is 30.9 Å². The number of aryl methyl sites for hydroxylation is 1. The molecule has 1 fully saturated rings. The SMILES string of the molecule is CCc1nc(S(=O)(=O)N(C)c2c(F)cccc2C(N)=O)cn1CC1CC1. The molecule has 1 aliphatic rings. The lowest BCUT2D eigenvalue weighted by Crippen LogP contribution is -2.30. The lowest BCUT2D eigenvalue weighted by molar-refractivity contribution is 0.100. The Bertz CT molecular complexity index is 951. The summed E-state index contributed by atoms with van der Waals surface area (Å²) in [6.07, 6.45) is 4.31. The first-order valence-corrected chi connectivity index (χ1v) is 9.83. The van der Waals surface area contributed by atoms with Crippen LogP contribution in [0.15, 0.2) is 29.4 Å². The van der Waals surface area contributed by atoms with Gasteiger partial charge in [-0.15, -0.1) is 0 Å². The van der Waals surface area contributed by atoms with E-state index in [-0.39, 0.29) is 16.3 Å². The zero-order valence-electron chi connectivity index (χ0n) is 14.6. The highest BCUT2D eigenvalue weighted by molar-refractivity contribution is 7.92. The lowest BCUT2D eigenvalue weighted by Gasteiger charge is -2.20. The van der Waals surface area contributed by atoms with E-state index in [0.29, 0.717) is 18.2 Å². The van der Waals surface area contributed by atoms with Gasteiger partial charge in [0.1, 0.15) is 17.3 Å². The highest BCUT2D eigenvalue weighted by Crippen LogP contribution is 2.32. The second-order valence-electron chi connectivity index (χ2n) is 6.42. The van der Waals surface area contributed by atoms with Crippen molar-refractivity contribution >= 4 is 21.6 Å². The number of rotatable bonds is 7. The first-order chi connectivity index (χ1) is 12.3. The number of aromatic nitrogens is 2. The van der Waals surface area contributed by atoms with Gasteiger partial charge in [0, 0.05) is 26.2 Å². The number of imidazole rings is 1. The number of anilines is 1. The van der Waals surface area contributed by atoms with E-state index in [0.717, 1.165) is 29.8 Å². The van der Waals surface area contributed by atoms with E-state index >= 15 is 0 Å². The van der Waals surface area contributed by atoms with Crippen molar-refractivity contribution in [1.29, 1.82) is 0 Å². The second kappa shape index (κ2) is 6.71. The number of amides is 1. The number of primary amides is 1. The number of hydrogen-bond acceptors (Lipinski definition) is 4. The van der Waals surface area contributed by atoms with Gasteiger partial charge in [-0.1, -0.05) is 13.0 Å². The Morgan fingerprint density at radius 1 is 1.42 bits per heavy atom. The molecule has 0 radical (unpaired) electrons. The number of carbonyl (C=O) groups is 1. The van der Waals surface area contributed by atoms with Crippen molar-refractivity contribution in [2.24, 2.45) is 11.7 Å².